The second kappa shape index (κ2) is 7.72. The number of hydrogen-bond donors (Lipinski definition) is 1. The van der Waals surface area contributed by atoms with Crippen molar-refractivity contribution in [3.05, 3.63) is 48.4 Å². The molecule has 6 nitrogen and oxygen atoms in total. The molecule has 2 aromatic heterocycles. The number of carbonyl (C=O) groups excluding carboxylic acids is 1. The molecule has 1 amide bonds. The molecule has 2 aromatic rings. The normalized spacial score (nSPS) is 18.2. The van der Waals surface area contributed by atoms with Crippen molar-refractivity contribution in [2.24, 2.45) is 0 Å². The summed E-state index contributed by atoms with van der Waals surface area (Å²) < 4.78 is 0. The van der Waals surface area contributed by atoms with Crippen LogP contribution >= 0.6 is 0 Å². The molecule has 0 spiro atoms. The Bertz CT molecular complexity index is 720. The molecule has 136 valence electrons. The predicted molar refractivity (Wildman–Crippen MR) is 102 cm³/mol. The zero-order chi connectivity index (χ0) is 17.8. The van der Waals surface area contributed by atoms with Crippen molar-refractivity contribution < 1.29 is 4.79 Å². The van der Waals surface area contributed by atoms with Gasteiger partial charge in [0.05, 0.1) is 11.9 Å². The lowest BCUT2D eigenvalue weighted by molar-refractivity contribution is 0.0740. The Morgan fingerprint density at radius 2 is 1.81 bits per heavy atom. The van der Waals surface area contributed by atoms with Crippen LogP contribution in [0, 0.1) is 0 Å². The van der Waals surface area contributed by atoms with E-state index in [0.717, 1.165) is 24.6 Å². The Hall–Kier alpha value is -2.63. The molecule has 1 aliphatic heterocycles. The molecule has 0 bridgehead atoms. The minimum atomic E-state index is 0.0121. The summed E-state index contributed by atoms with van der Waals surface area (Å²) in [6, 6.07) is 10.3. The maximum atomic E-state index is 12.7. The van der Waals surface area contributed by atoms with Gasteiger partial charge < -0.3 is 15.1 Å². The average Bonchev–Trinajstić information content (AvgIpc) is 3.22. The zero-order valence-electron chi connectivity index (χ0n) is 15.0. The first kappa shape index (κ1) is 16.8. The van der Waals surface area contributed by atoms with E-state index in [0.29, 0.717) is 24.8 Å². The van der Waals surface area contributed by atoms with Crippen molar-refractivity contribution >= 4 is 17.4 Å². The Balaban J connectivity index is 1.33. The van der Waals surface area contributed by atoms with Crippen molar-refractivity contribution in [1.82, 2.24) is 14.9 Å². The van der Waals surface area contributed by atoms with Crippen LogP contribution in [0.5, 0.6) is 0 Å². The molecule has 0 radical (unpaired) electrons. The molecular weight excluding hydrogens is 326 g/mol. The Kier molecular flexibility index (Phi) is 5.00. The summed E-state index contributed by atoms with van der Waals surface area (Å²) in [5.41, 5.74) is 1.53. The highest BCUT2D eigenvalue weighted by Crippen LogP contribution is 2.22. The summed E-state index contributed by atoms with van der Waals surface area (Å²) >= 11 is 0. The SMILES string of the molecule is O=C(c1ccc(NC2CCCC2)cn1)N1CCN(c2ccccn2)CC1. The Labute approximate surface area is 154 Å². The molecule has 0 unspecified atom stereocenters. The molecule has 1 saturated heterocycles. The van der Waals surface area contributed by atoms with Crippen LogP contribution in [-0.2, 0) is 0 Å². The number of pyridine rings is 2. The summed E-state index contributed by atoms with van der Waals surface area (Å²) in [6.07, 6.45) is 8.63. The minimum absolute atomic E-state index is 0.0121. The van der Waals surface area contributed by atoms with Crippen LogP contribution in [-0.4, -0.2) is 53.0 Å². The number of anilines is 2. The fourth-order valence-electron chi connectivity index (χ4n) is 3.75. The van der Waals surface area contributed by atoms with Crippen LogP contribution in [0.2, 0.25) is 0 Å². The largest absolute Gasteiger partial charge is 0.381 e. The molecule has 1 N–H and O–H groups in total. The first-order valence-corrected chi connectivity index (χ1v) is 9.47. The van der Waals surface area contributed by atoms with Gasteiger partial charge in [0.15, 0.2) is 0 Å². The summed E-state index contributed by atoms with van der Waals surface area (Å²) in [6.45, 7) is 2.98. The molecule has 1 aliphatic carbocycles. The maximum absolute atomic E-state index is 12.7. The standard InChI is InChI=1S/C20H25N5O/c26-20(18-9-8-17(15-22-18)23-16-5-1-2-6-16)25-13-11-24(12-14-25)19-7-3-4-10-21-19/h3-4,7-10,15-16,23H,1-2,5-6,11-14H2. The summed E-state index contributed by atoms with van der Waals surface area (Å²) in [5.74, 6) is 0.984. The van der Waals surface area contributed by atoms with E-state index in [2.05, 4.69) is 20.2 Å². The smallest absolute Gasteiger partial charge is 0.272 e. The van der Waals surface area contributed by atoms with E-state index >= 15 is 0 Å². The van der Waals surface area contributed by atoms with Crippen molar-refractivity contribution in [1.29, 1.82) is 0 Å². The van der Waals surface area contributed by atoms with Gasteiger partial charge in [-0.1, -0.05) is 18.9 Å². The molecule has 2 aliphatic rings. The first-order chi connectivity index (χ1) is 12.8. The fraction of sp³-hybridized carbons (Fsp3) is 0.450. The Morgan fingerprint density at radius 1 is 1.00 bits per heavy atom. The number of nitrogens with one attached hydrogen (secondary N) is 1. The lowest BCUT2D eigenvalue weighted by Crippen LogP contribution is -2.49. The van der Waals surface area contributed by atoms with Gasteiger partial charge in [0.25, 0.3) is 5.91 Å². The van der Waals surface area contributed by atoms with Crippen LogP contribution in [0.25, 0.3) is 0 Å². The van der Waals surface area contributed by atoms with Gasteiger partial charge >= 0.3 is 0 Å². The van der Waals surface area contributed by atoms with E-state index < -0.39 is 0 Å². The average molecular weight is 351 g/mol. The van der Waals surface area contributed by atoms with E-state index in [4.69, 9.17) is 0 Å². The number of nitrogens with zero attached hydrogens (tertiary/aromatic N) is 4. The molecule has 3 heterocycles. The van der Waals surface area contributed by atoms with Crippen LogP contribution in [0.3, 0.4) is 0 Å². The van der Waals surface area contributed by atoms with Gasteiger partial charge in [0, 0.05) is 38.4 Å². The molecule has 26 heavy (non-hydrogen) atoms. The monoisotopic (exact) mass is 351 g/mol. The zero-order valence-corrected chi connectivity index (χ0v) is 15.0. The van der Waals surface area contributed by atoms with E-state index in [9.17, 15) is 4.79 Å². The van der Waals surface area contributed by atoms with Gasteiger partial charge in [-0.25, -0.2) is 9.97 Å². The van der Waals surface area contributed by atoms with E-state index in [-0.39, 0.29) is 5.91 Å². The quantitative estimate of drug-likeness (QED) is 0.918. The highest BCUT2D eigenvalue weighted by atomic mass is 16.2. The molecule has 2 fully saturated rings. The summed E-state index contributed by atoms with van der Waals surface area (Å²) in [5, 5.41) is 3.51. The maximum Gasteiger partial charge on any atom is 0.272 e. The van der Waals surface area contributed by atoms with Gasteiger partial charge in [0.2, 0.25) is 0 Å². The van der Waals surface area contributed by atoms with Gasteiger partial charge in [-0.05, 0) is 37.1 Å². The summed E-state index contributed by atoms with van der Waals surface area (Å²) in [4.78, 5) is 25.6. The topological polar surface area (TPSA) is 61.4 Å². The molecule has 0 atom stereocenters. The van der Waals surface area contributed by atoms with Crippen molar-refractivity contribution in [2.75, 3.05) is 36.4 Å². The molecule has 6 heteroatoms. The lowest BCUT2D eigenvalue weighted by atomic mass is 10.2. The number of amides is 1. The third-order valence-electron chi connectivity index (χ3n) is 5.25. The van der Waals surface area contributed by atoms with E-state index in [1.54, 1.807) is 12.4 Å². The van der Waals surface area contributed by atoms with Crippen molar-refractivity contribution in [3.8, 4) is 0 Å². The fourth-order valence-corrected chi connectivity index (χ4v) is 3.75. The van der Waals surface area contributed by atoms with E-state index in [1.807, 2.05) is 35.2 Å². The Morgan fingerprint density at radius 3 is 2.46 bits per heavy atom. The molecular formula is C20H25N5O. The van der Waals surface area contributed by atoms with Gasteiger partial charge in [-0.15, -0.1) is 0 Å². The second-order valence-electron chi connectivity index (χ2n) is 7.03. The molecule has 0 aromatic carbocycles. The number of aromatic nitrogens is 2. The van der Waals surface area contributed by atoms with E-state index in [1.165, 1.54) is 25.7 Å². The predicted octanol–water partition coefficient (Wildman–Crippen LogP) is 2.79. The first-order valence-electron chi connectivity index (χ1n) is 9.47. The second-order valence-corrected chi connectivity index (χ2v) is 7.03. The van der Waals surface area contributed by atoms with Crippen molar-refractivity contribution in [3.63, 3.8) is 0 Å². The highest BCUT2D eigenvalue weighted by molar-refractivity contribution is 5.92. The van der Waals surface area contributed by atoms with Crippen molar-refractivity contribution in [2.45, 2.75) is 31.7 Å². The molecule has 4 rings (SSSR count). The van der Waals surface area contributed by atoms with Crippen LogP contribution in [0.1, 0.15) is 36.2 Å². The third-order valence-corrected chi connectivity index (χ3v) is 5.25. The lowest BCUT2D eigenvalue weighted by Gasteiger charge is -2.35. The molecule has 1 saturated carbocycles. The van der Waals surface area contributed by atoms with Gasteiger partial charge in [-0.3, -0.25) is 4.79 Å². The van der Waals surface area contributed by atoms with Crippen LogP contribution in [0.4, 0.5) is 11.5 Å². The minimum Gasteiger partial charge on any atom is -0.381 e. The van der Waals surface area contributed by atoms with Gasteiger partial charge in [0.1, 0.15) is 11.5 Å². The number of hydrogen-bond acceptors (Lipinski definition) is 5. The number of piperazine rings is 1. The highest BCUT2D eigenvalue weighted by Gasteiger charge is 2.23. The van der Waals surface area contributed by atoms with Gasteiger partial charge in [-0.2, -0.15) is 0 Å². The van der Waals surface area contributed by atoms with Crippen LogP contribution in [0.15, 0.2) is 42.7 Å². The summed E-state index contributed by atoms with van der Waals surface area (Å²) in [7, 11) is 0. The van der Waals surface area contributed by atoms with Crippen LogP contribution < -0.4 is 10.2 Å². The number of rotatable bonds is 4. The third kappa shape index (κ3) is 3.79. The number of carbonyl (C=O) groups is 1.